The Kier molecular flexibility index (Phi) is 4.18. The molecule has 112 valence electrons. The van der Waals surface area contributed by atoms with Gasteiger partial charge in [0.2, 0.25) is 19.3 Å². The lowest BCUT2D eigenvalue weighted by molar-refractivity contribution is 0.122. The number of rotatable bonds is 4. The van der Waals surface area contributed by atoms with Crippen LogP contribution in [0.2, 0.25) is 0 Å². The SMILES string of the molecule is O=S(=O)(Cc1ccccc1)c1nnc(N2CCOCC2)s1. The summed E-state index contributed by atoms with van der Waals surface area (Å²) in [6, 6.07) is 9.09. The minimum atomic E-state index is -3.44. The molecule has 1 aliphatic rings. The van der Waals surface area contributed by atoms with Crippen LogP contribution < -0.4 is 4.90 Å². The highest BCUT2D eigenvalue weighted by Gasteiger charge is 2.23. The standard InChI is InChI=1S/C13H15N3O3S2/c17-21(18,10-11-4-2-1-3-5-11)13-15-14-12(20-13)16-6-8-19-9-7-16/h1-5H,6-10H2. The molecule has 3 rings (SSSR count). The van der Waals surface area contributed by atoms with Crippen molar-refractivity contribution in [3.05, 3.63) is 35.9 Å². The van der Waals surface area contributed by atoms with E-state index in [1.165, 1.54) is 0 Å². The number of hydrogen-bond acceptors (Lipinski definition) is 7. The maximum atomic E-state index is 12.4. The van der Waals surface area contributed by atoms with E-state index in [1.54, 1.807) is 12.1 Å². The summed E-state index contributed by atoms with van der Waals surface area (Å²) < 4.78 is 30.1. The summed E-state index contributed by atoms with van der Waals surface area (Å²) in [6.45, 7) is 2.69. The molecule has 0 unspecified atom stereocenters. The highest BCUT2D eigenvalue weighted by Crippen LogP contribution is 2.26. The monoisotopic (exact) mass is 325 g/mol. The fourth-order valence-corrected chi connectivity index (χ4v) is 4.53. The first-order valence-corrected chi connectivity index (χ1v) is 9.05. The molecule has 0 radical (unpaired) electrons. The van der Waals surface area contributed by atoms with Crippen LogP contribution in [-0.4, -0.2) is 44.9 Å². The minimum absolute atomic E-state index is 0.0500. The van der Waals surface area contributed by atoms with E-state index in [1.807, 2.05) is 23.1 Å². The van der Waals surface area contributed by atoms with Gasteiger partial charge in [0, 0.05) is 13.1 Å². The molecule has 0 atom stereocenters. The first-order chi connectivity index (χ1) is 10.1. The zero-order chi connectivity index (χ0) is 14.7. The summed E-state index contributed by atoms with van der Waals surface area (Å²) in [5.41, 5.74) is 0.751. The van der Waals surface area contributed by atoms with Crippen molar-refractivity contribution in [2.45, 2.75) is 10.1 Å². The third-order valence-corrected chi connectivity index (χ3v) is 6.26. The number of morpholine rings is 1. The van der Waals surface area contributed by atoms with Gasteiger partial charge in [0.1, 0.15) is 0 Å². The highest BCUT2D eigenvalue weighted by atomic mass is 32.2. The van der Waals surface area contributed by atoms with Crippen LogP contribution in [0.1, 0.15) is 5.56 Å². The van der Waals surface area contributed by atoms with Gasteiger partial charge in [-0.05, 0) is 5.56 Å². The number of aromatic nitrogens is 2. The topological polar surface area (TPSA) is 72.4 Å². The van der Waals surface area contributed by atoms with E-state index in [0.29, 0.717) is 31.4 Å². The van der Waals surface area contributed by atoms with Gasteiger partial charge in [-0.1, -0.05) is 41.7 Å². The Balaban J connectivity index is 1.78. The second-order valence-corrected chi connectivity index (χ2v) is 7.81. The Morgan fingerprint density at radius 1 is 1.14 bits per heavy atom. The van der Waals surface area contributed by atoms with Crippen LogP contribution in [0.5, 0.6) is 0 Å². The van der Waals surface area contributed by atoms with Crippen molar-refractivity contribution in [2.24, 2.45) is 0 Å². The third-order valence-electron chi connectivity index (χ3n) is 3.14. The van der Waals surface area contributed by atoms with Crippen LogP contribution in [0.3, 0.4) is 0 Å². The van der Waals surface area contributed by atoms with Gasteiger partial charge in [0.15, 0.2) is 0 Å². The number of ether oxygens (including phenoxy) is 1. The summed E-state index contributed by atoms with van der Waals surface area (Å²) in [5, 5.41) is 8.51. The Morgan fingerprint density at radius 2 is 1.86 bits per heavy atom. The molecule has 0 N–H and O–H groups in total. The van der Waals surface area contributed by atoms with Crippen molar-refractivity contribution in [3.8, 4) is 0 Å². The molecule has 0 bridgehead atoms. The Labute approximate surface area is 127 Å². The molecule has 1 saturated heterocycles. The molecule has 2 heterocycles. The largest absolute Gasteiger partial charge is 0.378 e. The molecule has 0 aliphatic carbocycles. The first-order valence-electron chi connectivity index (χ1n) is 6.58. The molecule has 1 fully saturated rings. The van der Waals surface area contributed by atoms with Gasteiger partial charge in [-0.3, -0.25) is 0 Å². The van der Waals surface area contributed by atoms with Crippen LogP contribution >= 0.6 is 11.3 Å². The molecular formula is C13H15N3O3S2. The lowest BCUT2D eigenvalue weighted by Crippen LogP contribution is -2.36. The smallest absolute Gasteiger partial charge is 0.234 e. The van der Waals surface area contributed by atoms with Gasteiger partial charge in [0.05, 0.1) is 19.0 Å². The fourth-order valence-electron chi connectivity index (χ4n) is 2.07. The van der Waals surface area contributed by atoms with E-state index in [0.717, 1.165) is 16.9 Å². The average molecular weight is 325 g/mol. The lowest BCUT2D eigenvalue weighted by Gasteiger charge is -2.25. The predicted molar refractivity (Wildman–Crippen MR) is 80.3 cm³/mol. The van der Waals surface area contributed by atoms with E-state index in [9.17, 15) is 8.42 Å². The van der Waals surface area contributed by atoms with Crippen LogP contribution in [0.15, 0.2) is 34.7 Å². The molecule has 6 nitrogen and oxygen atoms in total. The van der Waals surface area contributed by atoms with Gasteiger partial charge in [0.25, 0.3) is 0 Å². The van der Waals surface area contributed by atoms with Gasteiger partial charge in [-0.2, -0.15) is 0 Å². The minimum Gasteiger partial charge on any atom is -0.378 e. The zero-order valence-corrected chi connectivity index (χ0v) is 12.9. The van der Waals surface area contributed by atoms with Crippen LogP contribution in [0.25, 0.3) is 0 Å². The first kappa shape index (κ1) is 14.4. The number of anilines is 1. The molecule has 1 aliphatic heterocycles. The average Bonchev–Trinajstić information content (AvgIpc) is 2.99. The fraction of sp³-hybridized carbons (Fsp3) is 0.385. The van der Waals surface area contributed by atoms with Gasteiger partial charge < -0.3 is 9.64 Å². The normalized spacial score (nSPS) is 16.1. The third kappa shape index (κ3) is 3.39. The number of hydrogen-bond donors (Lipinski definition) is 0. The molecule has 2 aromatic rings. The van der Waals surface area contributed by atoms with Gasteiger partial charge in [-0.15, -0.1) is 10.2 Å². The van der Waals surface area contributed by atoms with Crippen molar-refractivity contribution in [1.29, 1.82) is 0 Å². The number of nitrogens with zero attached hydrogens (tertiary/aromatic N) is 3. The molecule has 0 spiro atoms. The van der Waals surface area contributed by atoms with Crippen molar-refractivity contribution < 1.29 is 13.2 Å². The molecule has 0 saturated carbocycles. The molecule has 0 amide bonds. The van der Waals surface area contributed by atoms with E-state index >= 15 is 0 Å². The number of sulfone groups is 1. The van der Waals surface area contributed by atoms with Crippen molar-refractivity contribution in [3.63, 3.8) is 0 Å². The number of benzene rings is 1. The quantitative estimate of drug-likeness (QED) is 0.845. The van der Waals surface area contributed by atoms with Gasteiger partial charge >= 0.3 is 0 Å². The zero-order valence-electron chi connectivity index (χ0n) is 11.3. The summed E-state index contributed by atoms with van der Waals surface area (Å²) in [4.78, 5) is 2.00. The van der Waals surface area contributed by atoms with Gasteiger partial charge in [-0.25, -0.2) is 8.42 Å². The Hall–Kier alpha value is -1.51. The molecular weight excluding hydrogens is 310 g/mol. The van der Waals surface area contributed by atoms with E-state index in [-0.39, 0.29) is 10.1 Å². The second-order valence-electron chi connectivity index (χ2n) is 4.69. The van der Waals surface area contributed by atoms with Crippen molar-refractivity contribution >= 4 is 26.3 Å². The van der Waals surface area contributed by atoms with Crippen LogP contribution in [-0.2, 0) is 20.3 Å². The summed E-state index contributed by atoms with van der Waals surface area (Å²) in [5.74, 6) is -0.0500. The van der Waals surface area contributed by atoms with E-state index in [4.69, 9.17) is 4.74 Å². The summed E-state index contributed by atoms with van der Waals surface area (Å²) >= 11 is 1.13. The summed E-state index contributed by atoms with van der Waals surface area (Å²) in [6.07, 6.45) is 0. The Morgan fingerprint density at radius 3 is 2.57 bits per heavy atom. The molecule has 8 heteroatoms. The maximum absolute atomic E-state index is 12.4. The second kappa shape index (κ2) is 6.08. The van der Waals surface area contributed by atoms with Crippen LogP contribution in [0.4, 0.5) is 5.13 Å². The van der Waals surface area contributed by atoms with Crippen molar-refractivity contribution in [1.82, 2.24) is 10.2 Å². The lowest BCUT2D eigenvalue weighted by atomic mass is 10.2. The predicted octanol–water partition coefficient (Wildman–Crippen LogP) is 1.35. The Bertz CT molecular complexity index is 694. The van der Waals surface area contributed by atoms with E-state index in [2.05, 4.69) is 10.2 Å². The van der Waals surface area contributed by atoms with Crippen LogP contribution in [0, 0.1) is 0 Å². The molecule has 1 aromatic carbocycles. The van der Waals surface area contributed by atoms with E-state index < -0.39 is 9.84 Å². The molecule has 1 aromatic heterocycles. The highest BCUT2D eigenvalue weighted by molar-refractivity contribution is 7.92. The molecule has 21 heavy (non-hydrogen) atoms. The maximum Gasteiger partial charge on any atom is 0.234 e. The summed E-state index contributed by atoms with van der Waals surface area (Å²) in [7, 11) is -3.44. The van der Waals surface area contributed by atoms with Crippen molar-refractivity contribution in [2.75, 3.05) is 31.2 Å².